The fourth-order valence-corrected chi connectivity index (χ4v) is 3.68. The minimum Gasteiger partial charge on any atom is -0.375 e. The standard InChI is InChI=1S/C18H24N4OS/c1-13-3-2-4-16(11-13)22-9-7-14(8-10-22)20-17(23)6-5-15-12-24-18(19)21-15/h2-4,11-12,14H,5-10H2,1H3,(H2,19,21)(H,20,23). The van der Waals surface area contributed by atoms with E-state index in [1.807, 2.05) is 5.38 Å². The van der Waals surface area contributed by atoms with E-state index in [2.05, 4.69) is 46.4 Å². The molecule has 1 aliphatic rings. The molecule has 0 aliphatic carbocycles. The van der Waals surface area contributed by atoms with E-state index < -0.39 is 0 Å². The van der Waals surface area contributed by atoms with Gasteiger partial charge in [0.05, 0.1) is 5.69 Å². The molecule has 0 atom stereocenters. The molecule has 128 valence electrons. The van der Waals surface area contributed by atoms with Gasteiger partial charge in [-0.3, -0.25) is 4.79 Å². The zero-order valence-corrected chi connectivity index (χ0v) is 14.8. The summed E-state index contributed by atoms with van der Waals surface area (Å²) in [5.74, 6) is 0.107. The van der Waals surface area contributed by atoms with Gasteiger partial charge in [-0.2, -0.15) is 0 Å². The van der Waals surface area contributed by atoms with Gasteiger partial charge in [0, 0.05) is 36.6 Å². The first-order valence-electron chi connectivity index (χ1n) is 8.41. The SMILES string of the molecule is Cc1cccc(N2CCC(NC(=O)CCc3csc(N)n3)CC2)c1. The summed E-state index contributed by atoms with van der Waals surface area (Å²) >= 11 is 1.42. The minimum absolute atomic E-state index is 0.107. The number of aromatic nitrogens is 1. The second-order valence-electron chi connectivity index (χ2n) is 6.34. The third kappa shape index (κ3) is 4.47. The molecule has 0 saturated carbocycles. The summed E-state index contributed by atoms with van der Waals surface area (Å²) in [6, 6.07) is 8.87. The molecule has 1 aromatic carbocycles. The Kier molecular flexibility index (Phi) is 5.35. The lowest BCUT2D eigenvalue weighted by Crippen LogP contribution is -2.44. The van der Waals surface area contributed by atoms with Crippen LogP contribution in [0.15, 0.2) is 29.6 Å². The van der Waals surface area contributed by atoms with Gasteiger partial charge >= 0.3 is 0 Å². The largest absolute Gasteiger partial charge is 0.375 e. The normalized spacial score (nSPS) is 15.5. The maximum Gasteiger partial charge on any atom is 0.220 e. The van der Waals surface area contributed by atoms with Crippen LogP contribution in [-0.4, -0.2) is 30.0 Å². The average Bonchev–Trinajstić information content (AvgIpc) is 2.99. The number of hydrogen-bond donors (Lipinski definition) is 2. The van der Waals surface area contributed by atoms with Crippen molar-refractivity contribution >= 4 is 28.1 Å². The van der Waals surface area contributed by atoms with E-state index in [1.165, 1.54) is 22.6 Å². The number of thiazole rings is 1. The fraction of sp³-hybridized carbons (Fsp3) is 0.444. The number of amides is 1. The fourth-order valence-electron chi connectivity index (χ4n) is 3.09. The van der Waals surface area contributed by atoms with Crippen LogP contribution in [-0.2, 0) is 11.2 Å². The van der Waals surface area contributed by atoms with Crippen molar-refractivity contribution in [3.05, 3.63) is 40.9 Å². The molecule has 0 spiro atoms. The molecule has 0 bridgehead atoms. The average molecular weight is 344 g/mol. The molecule has 5 nitrogen and oxygen atoms in total. The lowest BCUT2D eigenvalue weighted by Gasteiger charge is -2.34. The number of aryl methyl sites for hydroxylation is 2. The second-order valence-corrected chi connectivity index (χ2v) is 7.23. The van der Waals surface area contributed by atoms with E-state index in [1.54, 1.807) is 0 Å². The Hall–Kier alpha value is -2.08. The topological polar surface area (TPSA) is 71.2 Å². The Morgan fingerprint density at radius 1 is 1.42 bits per heavy atom. The number of piperidine rings is 1. The predicted molar refractivity (Wildman–Crippen MR) is 99.4 cm³/mol. The van der Waals surface area contributed by atoms with Crippen molar-refractivity contribution in [3.8, 4) is 0 Å². The lowest BCUT2D eigenvalue weighted by atomic mass is 10.0. The number of rotatable bonds is 5. The van der Waals surface area contributed by atoms with Crippen LogP contribution >= 0.6 is 11.3 Å². The minimum atomic E-state index is 0.107. The summed E-state index contributed by atoms with van der Waals surface area (Å²) in [6.45, 7) is 4.08. The number of carbonyl (C=O) groups excluding carboxylic acids is 1. The van der Waals surface area contributed by atoms with Crippen molar-refractivity contribution in [3.63, 3.8) is 0 Å². The number of nitrogen functional groups attached to an aromatic ring is 1. The van der Waals surface area contributed by atoms with Crippen LogP contribution in [0, 0.1) is 6.92 Å². The molecule has 1 amide bonds. The highest BCUT2D eigenvalue weighted by atomic mass is 32.1. The number of nitrogens with two attached hydrogens (primary N) is 1. The molecule has 1 fully saturated rings. The van der Waals surface area contributed by atoms with Crippen molar-refractivity contribution in [2.75, 3.05) is 23.7 Å². The molecule has 6 heteroatoms. The van der Waals surface area contributed by atoms with Crippen molar-refractivity contribution in [2.45, 2.75) is 38.6 Å². The maximum atomic E-state index is 12.1. The number of nitrogens with zero attached hydrogens (tertiary/aromatic N) is 2. The molecule has 1 aliphatic heterocycles. The van der Waals surface area contributed by atoms with Crippen molar-refractivity contribution in [1.29, 1.82) is 0 Å². The highest BCUT2D eigenvalue weighted by molar-refractivity contribution is 7.13. The second kappa shape index (κ2) is 7.66. The molecular formula is C18H24N4OS. The summed E-state index contributed by atoms with van der Waals surface area (Å²) in [5.41, 5.74) is 9.07. The number of nitrogens with one attached hydrogen (secondary N) is 1. The zero-order valence-electron chi connectivity index (χ0n) is 14.0. The van der Waals surface area contributed by atoms with Crippen LogP contribution in [0.2, 0.25) is 0 Å². The van der Waals surface area contributed by atoms with Crippen molar-refractivity contribution in [2.24, 2.45) is 0 Å². The summed E-state index contributed by atoms with van der Waals surface area (Å²) in [4.78, 5) is 18.7. The first-order valence-corrected chi connectivity index (χ1v) is 9.29. The Balaban J connectivity index is 1.42. The Bertz CT molecular complexity index is 692. The van der Waals surface area contributed by atoms with E-state index >= 15 is 0 Å². The van der Waals surface area contributed by atoms with Crippen molar-refractivity contribution < 1.29 is 4.79 Å². The third-order valence-electron chi connectivity index (χ3n) is 4.40. The maximum absolute atomic E-state index is 12.1. The molecule has 0 radical (unpaired) electrons. The van der Waals surface area contributed by atoms with Gasteiger partial charge in [0.1, 0.15) is 0 Å². The van der Waals surface area contributed by atoms with Crippen molar-refractivity contribution in [1.82, 2.24) is 10.3 Å². The number of carbonyl (C=O) groups is 1. The smallest absolute Gasteiger partial charge is 0.220 e. The number of hydrogen-bond acceptors (Lipinski definition) is 5. The number of anilines is 2. The predicted octanol–water partition coefficient (Wildman–Crippen LogP) is 2.75. The molecule has 3 N–H and O–H groups in total. The molecule has 1 aromatic heterocycles. The molecule has 1 saturated heterocycles. The van der Waals surface area contributed by atoms with E-state index in [0.29, 0.717) is 18.0 Å². The molecule has 24 heavy (non-hydrogen) atoms. The van der Waals surface area contributed by atoms with E-state index in [9.17, 15) is 4.79 Å². The zero-order chi connectivity index (χ0) is 16.9. The Morgan fingerprint density at radius 2 is 2.21 bits per heavy atom. The van der Waals surface area contributed by atoms with Gasteiger partial charge in [-0.1, -0.05) is 12.1 Å². The van der Waals surface area contributed by atoms with Gasteiger partial charge in [-0.15, -0.1) is 11.3 Å². The first kappa shape index (κ1) is 16.8. The van der Waals surface area contributed by atoms with Gasteiger partial charge in [0.2, 0.25) is 5.91 Å². The van der Waals surface area contributed by atoms with E-state index in [0.717, 1.165) is 31.6 Å². The van der Waals surface area contributed by atoms with Gasteiger partial charge in [0.25, 0.3) is 0 Å². The Morgan fingerprint density at radius 3 is 2.88 bits per heavy atom. The van der Waals surface area contributed by atoms with Gasteiger partial charge in [0.15, 0.2) is 5.13 Å². The van der Waals surface area contributed by atoms with Gasteiger partial charge in [-0.05, 0) is 43.9 Å². The lowest BCUT2D eigenvalue weighted by molar-refractivity contribution is -0.121. The van der Waals surface area contributed by atoms with Crippen LogP contribution < -0.4 is 16.0 Å². The van der Waals surface area contributed by atoms with Crippen LogP contribution in [0.25, 0.3) is 0 Å². The molecule has 3 rings (SSSR count). The number of benzene rings is 1. The van der Waals surface area contributed by atoms with Crippen LogP contribution in [0.3, 0.4) is 0 Å². The summed E-state index contributed by atoms with van der Waals surface area (Å²) in [5, 5.41) is 5.64. The Labute approximate surface area is 146 Å². The van der Waals surface area contributed by atoms with Crippen LogP contribution in [0.5, 0.6) is 0 Å². The highest BCUT2D eigenvalue weighted by Crippen LogP contribution is 2.21. The molecule has 2 aromatic rings. The van der Waals surface area contributed by atoms with E-state index in [4.69, 9.17) is 5.73 Å². The summed E-state index contributed by atoms with van der Waals surface area (Å²) in [6.07, 6.45) is 3.11. The summed E-state index contributed by atoms with van der Waals surface area (Å²) < 4.78 is 0. The molecular weight excluding hydrogens is 320 g/mol. The van der Waals surface area contributed by atoms with Gasteiger partial charge < -0.3 is 16.0 Å². The monoisotopic (exact) mass is 344 g/mol. The van der Waals surface area contributed by atoms with E-state index in [-0.39, 0.29) is 11.9 Å². The first-order chi connectivity index (χ1) is 11.6. The quantitative estimate of drug-likeness (QED) is 0.875. The molecule has 2 heterocycles. The summed E-state index contributed by atoms with van der Waals surface area (Å²) in [7, 11) is 0. The van der Waals surface area contributed by atoms with Crippen LogP contribution in [0.1, 0.15) is 30.5 Å². The third-order valence-corrected chi connectivity index (χ3v) is 5.13. The highest BCUT2D eigenvalue weighted by Gasteiger charge is 2.20. The van der Waals surface area contributed by atoms with Gasteiger partial charge in [-0.25, -0.2) is 4.98 Å². The molecule has 0 unspecified atom stereocenters. The van der Waals surface area contributed by atoms with Crippen LogP contribution in [0.4, 0.5) is 10.8 Å².